The van der Waals surface area contributed by atoms with Crippen LogP contribution >= 0.6 is 0 Å². The minimum absolute atomic E-state index is 0.0857. The van der Waals surface area contributed by atoms with Crippen LogP contribution in [0.5, 0.6) is 0 Å². The predicted molar refractivity (Wildman–Crippen MR) is 83.2 cm³/mol. The molecule has 0 bridgehead atoms. The standard InChI is InChI=1S/C16H22N4O2/c1-11(17-3)9-15-19-16(22-20-15)10-14(18-12(2)21)13-7-5-4-6-8-13/h4-8,11,14,17H,9-10H2,1-3H3,(H,18,21). The number of carbonyl (C=O) groups is 1. The molecule has 0 aliphatic rings. The first-order valence-corrected chi connectivity index (χ1v) is 7.39. The molecule has 0 fully saturated rings. The topological polar surface area (TPSA) is 80.0 Å². The van der Waals surface area contributed by atoms with Crippen LogP contribution in [0, 0.1) is 0 Å². The van der Waals surface area contributed by atoms with Crippen molar-refractivity contribution in [3.63, 3.8) is 0 Å². The molecule has 118 valence electrons. The molecular weight excluding hydrogens is 280 g/mol. The normalized spacial score (nSPS) is 13.6. The molecule has 2 unspecified atom stereocenters. The van der Waals surface area contributed by atoms with Crippen molar-refractivity contribution in [2.45, 2.75) is 38.8 Å². The average Bonchev–Trinajstić information content (AvgIpc) is 2.94. The first-order valence-electron chi connectivity index (χ1n) is 7.39. The minimum atomic E-state index is -0.172. The zero-order valence-electron chi connectivity index (χ0n) is 13.2. The van der Waals surface area contributed by atoms with Gasteiger partial charge in [0.25, 0.3) is 0 Å². The third kappa shape index (κ3) is 4.66. The second-order valence-electron chi connectivity index (χ2n) is 5.37. The van der Waals surface area contributed by atoms with Crippen LogP contribution in [-0.2, 0) is 17.6 Å². The Balaban J connectivity index is 2.09. The van der Waals surface area contributed by atoms with Gasteiger partial charge in [-0.05, 0) is 19.5 Å². The fourth-order valence-corrected chi connectivity index (χ4v) is 2.19. The Morgan fingerprint density at radius 2 is 2.00 bits per heavy atom. The summed E-state index contributed by atoms with van der Waals surface area (Å²) < 4.78 is 5.30. The van der Waals surface area contributed by atoms with Gasteiger partial charge in [-0.25, -0.2) is 0 Å². The molecule has 0 aliphatic heterocycles. The zero-order valence-corrected chi connectivity index (χ0v) is 13.2. The van der Waals surface area contributed by atoms with E-state index in [1.165, 1.54) is 6.92 Å². The lowest BCUT2D eigenvalue weighted by atomic mass is 10.0. The van der Waals surface area contributed by atoms with Crippen LogP contribution < -0.4 is 10.6 Å². The zero-order chi connectivity index (χ0) is 15.9. The maximum Gasteiger partial charge on any atom is 0.229 e. The van der Waals surface area contributed by atoms with E-state index in [0.29, 0.717) is 24.6 Å². The summed E-state index contributed by atoms with van der Waals surface area (Å²) in [6, 6.07) is 9.88. The summed E-state index contributed by atoms with van der Waals surface area (Å²) in [4.78, 5) is 15.8. The SMILES string of the molecule is CNC(C)Cc1noc(CC(NC(C)=O)c2ccccc2)n1. The lowest BCUT2D eigenvalue weighted by Crippen LogP contribution is -2.27. The molecule has 1 aromatic heterocycles. The monoisotopic (exact) mass is 302 g/mol. The maximum atomic E-state index is 11.4. The van der Waals surface area contributed by atoms with Crippen molar-refractivity contribution >= 4 is 5.91 Å². The quantitative estimate of drug-likeness (QED) is 0.813. The average molecular weight is 302 g/mol. The minimum Gasteiger partial charge on any atom is -0.349 e. The Morgan fingerprint density at radius 1 is 1.27 bits per heavy atom. The van der Waals surface area contributed by atoms with Gasteiger partial charge in [-0.3, -0.25) is 4.79 Å². The van der Waals surface area contributed by atoms with Gasteiger partial charge in [-0.1, -0.05) is 35.5 Å². The van der Waals surface area contributed by atoms with Crippen molar-refractivity contribution in [3.8, 4) is 0 Å². The Bertz CT molecular complexity index is 597. The van der Waals surface area contributed by atoms with Crippen LogP contribution in [0.4, 0.5) is 0 Å². The van der Waals surface area contributed by atoms with Gasteiger partial charge in [0, 0.05) is 19.4 Å². The molecule has 6 heteroatoms. The fourth-order valence-electron chi connectivity index (χ4n) is 2.19. The van der Waals surface area contributed by atoms with Gasteiger partial charge in [0.15, 0.2) is 5.82 Å². The van der Waals surface area contributed by atoms with Crippen LogP contribution in [0.1, 0.15) is 37.2 Å². The first-order chi connectivity index (χ1) is 10.6. The molecule has 1 amide bonds. The molecule has 2 atom stereocenters. The molecule has 2 rings (SSSR count). The number of likely N-dealkylation sites (N-methyl/N-ethyl adjacent to an activating group) is 1. The van der Waals surface area contributed by atoms with Gasteiger partial charge in [0.05, 0.1) is 12.5 Å². The summed E-state index contributed by atoms with van der Waals surface area (Å²) in [7, 11) is 1.90. The van der Waals surface area contributed by atoms with Gasteiger partial charge in [0.2, 0.25) is 11.8 Å². The van der Waals surface area contributed by atoms with E-state index < -0.39 is 0 Å². The van der Waals surface area contributed by atoms with Gasteiger partial charge in [-0.2, -0.15) is 4.98 Å². The molecule has 2 N–H and O–H groups in total. The van der Waals surface area contributed by atoms with Crippen LogP contribution in [-0.4, -0.2) is 29.1 Å². The van der Waals surface area contributed by atoms with E-state index in [4.69, 9.17) is 4.52 Å². The van der Waals surface area contributed by atoms with Gasteiger partial charge in [0.1, 0.15) is 0 Å². The van der Waals surface area contributed by atoms with Crippen molar-refractivity contribution in [2.75, 3.05) is 7.05 Å². The Labute approximate surface area is 130 Å². The molecule has 6 nitrogen and oxygen atoms in total. The Kier molecular flexibility index (Phi) is 5.66. The van der Waals surface area contributed by atoms with E-state index in [0.717, 1.165) is 5.56 Å². The lowest BCUT2D eigenvalue weighted by molar-refractivity contribution is -0.119. The molecule has 0 spiro atoms. The number of rotatable bonds is 7. The van der Waals surface area contributed by atoms with Gasteiger partial charge < -0.3 is 15.2 Å². The second kappa shape index (κ2) is 7.70. The summed E-state index contributed by atoms with van der Waals surface area (Å²) in [5.41, 5.74) is 1.01. The molecule has 0 radical (unpaired) electrons. The molecule has 22 heavy (non-hydrogen) atoms. The highest BCUT2D eigenvalue weighted by molar-refractivity contribution is 5.73. The summed E-state index contributed by atoms with van der Waals surface area (Å²) >= 11 is 0. The summed E-state index contributed by atoms with van der Waals surface area (Å²) in [5, 5.41) is 10.1. The van der Waals surface area contributed by atoms with E-state index >= 15 is 0 Å². The molecule has 0 aliphatic carbocycles. The molecule has 0 saturated heterocycles. The van der Waals surface area contributed by atoms with Gasteiger partial charge >= 0.3 is 0 Å². The van der Waals surface area contributed by atoms with Crippen molar-refractivity contribution in [3.05, 3.63) is 47.6 Å². The van der Waals surface area contributed by atoms with E-state index in [1.807, 2.05) is 37.4 Å². The lowest BCUT2D eigenvalue weighted by Gasteiger charge is -2.16. The summed E-state index contributed by atoms with van der Waals surface area (Å²) in [6.07, 6.45) is 1.18. The van der Waals surface area contributed by atoms with E-state index in [-0.39, 0.29) is 18.0 Å². The molecular formula is C16H22N4O2. The van der Waals surface area contributed by atoms with Crippen molar-refractivity contribution in [1.29, 1.82) is 0 Å². The Hall–Kier alpha value is -2.21. The highest BCUT2D eigenvalue weighted by Crippen LogP contribution is 2.17. The number of benzene rings is 1. The fraction of sp³-hybridized carbons (Fsp3) is 0.438. The van der Waals surface area contributed by atoms with Crippen LogP contribution in [0.25, 0.3) is 0 Å². The molecule has 2 aromatic rings. The molecule has 0 saturated carbocycles. The maximum absolute atomic E-state index is 11.4. The number of carbonyl (C=O) groups excluding carboxylic acids is 1. The number of nitrogens with one attached hydrogen (secondary N) is 2. The van der Waals surface area contributed by atoms with Crippen molar-refractivity contribution in [2.24, 2.45) is 0 Å². The largest absolute Gasteiger partial charge is 0.349 e. The van der Waals surface area contributed by atoms with E-state index in [2.05, 4.69) is 27.7 Å². The summed E-state index contributed by atoms with van der Waals surface area (Å²) in [5.74, 6) is 1.12. The number of hydrogen-bond donors (Lipinski definition) is 2. The molecule has 1 heterocycles. The van der Waals surface area contributed by atoms with E-state index in [9.17, 15) is 4.79 Å². The van der Waals surface area contributed by atoms with Crippen molar-refractivity contribution < 1.29 is 9.32 Å². The second-order valence-corrected chi connectivity index (χ2v) is 5.37. The van der Waals surface area contributed by atoms with E-state index in [1.54, 1.807) is 0 Å². The third-order valence-electron chi connectivity index (χ3n) is 3.45. The highest BCUT2D eigenvalue weighted by atomic mass is 16.5. The number of nitrogens with zero attached hydrogens (tertiary/aromatic N) is 2. The first kappa shape index (κ1) is 16.2. The number of hydrogen-bond acceptors (Lipinski definition) is 5. The summed E-state index contributed by atoms with van der Waals surface area (Å²) in [6.45, 7) is 3.56. The smallest absolute Gasteiger partial charge is 0.229 e. The predicted octanol–water partition coefficient (Wildman–Crippen LogP) is 1.64. The Morgan fingerprint density at radius 3 is 2.64 bits per heavy atom. The van der Waals surface area contributed by atoms with Crippen LogP contribution in [0.15, 0.2) is 34.9 Å². The number of aromatic nitrogens is 2. The molecule has 1 aromatic carbocycles. The third-order valence-corrected chi connectivity index (χ3v) is 3.45. The van der Waals surface area contributed by atoms with Gasteiger partial charge in [-0.15, -0.1) is 0 Å². The van der Waals surface area contributed by atoms with Crippen LogP contribution in [0.3, 0.4) is 0 Å². The highest BCUT2D eigenvalue weighted by Gasteiger charge is 2.18. The van der Waals surface area contributed by atoms with Crippen molar-refractivity contribution in [1.82, 2.24) is 20.8 Å². The number of amides is 1. The van der Waals surface area contributed by atoms with Crippen LogP contribution in [0.2, 0.25) is 0 Å².